The molecular weight excluding hydrogens is 316 g/mol. The maximum atomic E-state index is 11.9. The second kappa shape index (κ2) is 13.3. The van der Waals surface area contributed by atoms with Crippen LogP contribution in [0.1, 0.15) is 10.4 Å². The highest BCUT2D eigenvalue weighted by molar-refractivity contribution is 7.98. The maximum Gasteiger partial charge on any atom is 0.251 e. The van der Waals surface area contributed by atoms with Gasteiger partial charge in [0.1, 0.15) is 0 Å². The van der Waals surface area contributed by atoms with Gasteiger partial charge in [0.2, 0.25) is 0 Å². The topological polar surface area (TPSA) is 82.8 Å². The number of carbonyl (C=O) groups is 1. The van der Waals surface area contributed by atoms with Gasteiger partial charge >= 0.3 is 0 Å². The van der Waals surface area contributed by atoms with E-state index < -0.39 is 0 Å². The van der Waals surface area contributed by atoms with E-state index in [0.29, 0.717) is 58.3 Å². The highest BCUT2D eigenvalue weighted by Crippen LogP contribution is 2.15. The zero-order chi connectivity index (χ0) is 16.8. The lowest BCUT2D eigenvalue weighted by atomic mass is 10.2. The molecule has 1 aromatic carbocycles. The molecule has 0 saturated carbocycles. The highest BCUT2D eigenvalue weighted by Gasteiger charge is 2.05. The number of ether oxygens (including phenoxy) is 3. The van der Waals surface area contributed by atoms with Gasteiger partial charge in [0.15, 0.2) is 0 Å². The predicted molar refractivity (Wildman–Crippen MR) is 92.1 cm³/mol. The van der Waals surface area contributed by atoms with E-state index in [2.05, 4.69) is 5.32 Å². The highest BCUT2D eigenvalue weighted by atomic mass is 32.2. The Morgan fingerprint density at radius 1 is 1.09 bits per heavy atom. The molecule has 0 saturated heterocycles. The van der Waals surface area contributed by atoms with E-state index in [1.807, 2.05) is 24.5 Å². The molecule has 0 aliphatic heterocycles. The molecule has 0 unspecified atom stereocenters. The number of rotatable bonds is 13. The molecule has 0 aliphatic rings. The third-order valence-electron chi connectivity index (χ3n) is 2.87. The normalized spacial score (nSPS) is 10.7. The molecule has 0 heterocycles. The molecule has 0 fully saturated rings. The molecule has 7 heteroatoms. The van der Waals surface area contributed by atoms with Crippen molar-refractivity contribution < 1.29 is 19.0 Å². The molecule has 0 aliphatic carbocycles. The first-order chi connectivity index (χ1) is 11.3. The number of amides is 1. The van der Waals surface area contributed by atoms with Crippen molar-refractivity contribution in [2.75, 3.05) is 59.0 Å². The van der Waals surface area contributed by atoms with Gasteiger partial charge in [-0.25, -0.2) is 0 Å². The van der Waals surface area contributed by atoms with Gasteiger partial charge in [0, 0.05) is 23.5 Å². The van der Waals surface area contributed by atoms with Gasteiger partial charge in [-0.3, -0.25) is 4.79 Å². The number of nitrogens with one attached hydrogen (secondary N) is 1. The van der Waals surface area contributed by atoms with Gasteiger partial charge in [0.25, 0.3) is 5.91 Å². The van der Waals surface area contributed by atoms with Crippen LogP contribution >= 0.6 is 11.8 Å². The predicted octanol–water partition coefficient (Wildman–Crippen LogP) is 1.15. The Kier molecular flexibility index (Phi) is 11.5. The second-order valence-corrected chi connectivity index (χ2v) is 5.49. The molecule has 0 aromatic heterocycles. The van der Waals surface area contributed by atoms with Gasteiger partial charge in [0.05, 0.1) is 39.6 Å². The monoisotopic (exact) mass is 342 g/mol. The summed E-state index contributed by atoms with van der Waals surface area (Å²) in [6, 6.07) is 7.54. The SMILES string of the molecule is CSc1cccc(C(=O)NCCOCCOCCOCCN)c1. The van der Waals surface area contributed by atoms with Crippen molar-refractivity contribution >= 4 is 17.7 Å². The number of benzene rings is 1. The largest absolute Gasteiger partial charge is 0.378 e. The molecular formula is C16H26N2O4S. The lowest BCUT2D eigenvalue weighted by Crippen LogP contribution is -2.27. The van der Waals surface area contributed by atoms with Crippen molar-refractivity contribution in [1.29, 1.82) is 0 Å². The van der Waals surface area contributed by atoms with Crippen LogP contribution in [0.3, 0.4) is 0 Å². The molecule has 1 rings (SSSR count). The van der Waals surface area contributed by atoms with Crippen LogP contribution in [-0.2, 0) is 14.2 Å². The van der Waals surface area contributed by atoms with Gasteiger partial charge in [-0.05, 0) is 24.5 Å². The second-order valence-electron chi connectivity index (χ2n) is 4.61. The summed E-state index contributed by atoms with van der Waals surface area (Å²) in [5, 5.41) is 2.83. The molecule has 0 atom stereocenters. The Labute approximate surface area is 142 Å². The first kappa shape index (κ1) is 19.9. The lowest BCUT2D eigenvalue weighted by molar-refractivity contribution is 0.0166. The Balaban J connectivity index is 1.99. The van der Waals surface area contributed by atoms with Gasteiger partial charge in [-0.15, -0.1) is 11.8 Å². The van der Waals surface area contributed by atoms with E-state index >= 15 is 0 Å². The summed E-state index contributed by atoms with van der Waals surface area (Å²) in [7, 11) is 0. The van der Waals surface area contributed by atoms with Crippen LogP contribution in [0.5, 0.6) is 0 Å². The van der Waals surface area contributed by atoms with Crippen LogP contribution in [0.4, 0.5) is 0 Å². The fraction of sp³-hybridized carbons (Fsp3) is 0.562. The third-order valence-corrected chi connectivity index (χ3v) is 3.60. The van der Waals surface area contributed by atoms with Gasteiger partial charge in [-0.2, -0.15) is 0 Å². The lowest BCUT2D eigenvalue weighted by Gasteiger charge is -2.08. The fourth-order valence-corrected chi connectivity index (χ4v) is 2.19. The Hall–Kier alpha value is -1.12. The van der Waals surface area contributed by atoms with Gasteiger partial charge in [-0.1, -0.05) is 6.07 Å². The summed E-state index contributed by atoms with van der Waals surface area (Å²) in [5.41, 5.74) is 5.96. The van der Waals surface area contributed by atoms with E-state index in [1.165, 1.54) is 0 Å². The van der Waals surface area contributed by atoms with Crippen molar-refractivity contribution in [3.05, 3.63) is 29.8 Å². The Morgan fingerprint density at radius 3 is 2.39 bits per heavy atom. The summed E-state index contributed by atoms with van der Waals surface area (Å²) in [4.78, 5) is 13.0. The van der Waals surface area contributed by atoms with Crippen LogP contribution in [0, 0.1) is 0 Å². The molecule has 0 radical (unpaired) electrons. The number of nitrogens with two attached hydrogens (primary N) is 1. The third kappa shape index (κ3) is 9.58. The van der Waals surface area contributed by atoms with Crippen molar-refractivity contribution in [1.82, 2.24) is 5.32 Å². The quantitative estimate of drug-likeness (QED) is 0.413. The van der Waals surface area contributed by atoms with E-state index in [9.17, 15) is 4.79 Å². The molecule has 0 spiro atoms. The smallest absolute Gasteiger partial charge is 0.251 e. The van der Waals surface area contributed by atoms with Crippen LogP contribution < -0.4 is 11.1 Å². The summed E-state index contributed by atoms with van der Waals surface area (Å²) in [6.07, 6.45) is 1.98. The molecule has 3 N–H and O–H groups in total. The zero-order valence-corrected chi connectivity index (χ0v) is 14.4. The minimum Gasteiger partial charge on any atom is -0.378 e. The van der Waals surface area contributed by atoms with Crippen molar-refractivity contribution in [2.45, 2.75) is 4.90 Å². The summed E-state index contributed by atoms with van der Waals surface area (Å²) in [6.45, 7) is 4.09. The first-order valence-electron chi connectivity index (χ1n) is 7.63. The van der Waals surface area contributed by atoms with Crippen LogP contribution in [0.25, 0.3) is 0 Å². The van der Waals surface area contributed by atoms with Crippen LogP contribution in [0.2, 0.25) is 0 Å². The number of hydrogen-bond acceptors (Lipinski definition) is 6. The minimum absolute atomic E-state index is 0.0854. The van der Waals surface area contributed by atoms with Crippen molar-refractivity contribution in [3.63, 3.8) is 0 Å². The summed E-state index contributed by atoms with van der Waals surface area (Å²) >= 11 is 1.61. The molecule has 6 nitrogen and oxygen atoms in total. The Bertz CT molecular complexity index is 446. The Morgan fingerprint density at radius 2 is 1.74 bits per heavy atom. The van der Waals surface area contributed by atoms with E-state index in [4.69, 9.17) is 19.9 Å². The fourth-order valence-electron chi connectivity index (χ4n) is 1.73. The van der Waals surface area contributed by atoms with E-state index in [0.717, 1.165) is 4.90 Å². The van der Waals surface area contributed by atoms with E-state index in [-0.39, 0.29) is 5.91 Å². The van der Waals surface area contributed by atoms with Crippen molar-refractivity contribution in [2.24, 2.45) is 5.73 Å². The number of carbonyl (C=O) groups excluding carboxylic acids is 1. The standard InChI is InChI=1S/C16H26N2O4S/c1-23-15-4-2-3-14(13-15)16(19)18-6-8-21-10-12-22-11-9-20-7-5-17/h2-4,13H,5-12,17H2,1H3,(H,18,19). The molecule has 1 aromatic rings. The zero-order valence-electron chi connectivity index (χ0n) is 13.6. The maximum absolute atomic E-state index is 11.9. The minimum atomic E-state index is -0.0854. The molecule has 0 bridgehead atoms. The van der Waals surface area contributed by atoms with Gasteiger partial charge < -0.3 is 25.3 Å². The van der Waals surface area contributed by atoms with Crippen LogP contribution in [0.15, 0.2) is 29.2 Å². The molecule has 23 heavy (non-hydrogen) atoms. The number of thioether (sulfide) groups is 1. The molecule has 130 valence electrons. The molecule has 1 amide bonds. The first-order valence-corrected chi connectivity index (χ1v) is 8.86. The summed E-state index contributed by atoms with van der Waals surface area (Å²) < 4.78 is 15.9. The van der Waals surface area contributed by atoms with E-state index in [1.54, 1.807) is 17.8 Å². The number of hydrogen-bond donors (Lipinski definition) is 2. The summed E-state index contributed by atoms with van der Waals surface area (Å²) in [5.74, 6) is -0.0854. The average molecular weight is 342 g/mol. The average Bonchev–Trinajstić information content (AvgIpc) is 2.59. The van der Waals surface area contributed by atoms with Crippen molar-refractivity contribution in [3.8, 4) is 0 Å². The van der Waals surface area contributed by atoms with Crippen LogP contribution in [-0.4, -0.2) is 64.9 Å².